The SMILES string of the molecule is [2H]CC(C)CC(=O)CC(=O)CC(C)C. The molecule has 0 saturated carbocycles. The molecule has 76 valence electrons. The van der Waals surface area contributed by atoms with Crippen LogP contribution in [0.15, 0.2) is 0 Å². The maximum absolute atomic E-state index is 11.3. The van der Waals surface area contributed by atoms with Gasteiger partial charge in [0.05, 0.1) is 6.42 Å². The summed E-state index contributed by atoms with van der Waals surface area (Å²) in [5.41, 5.74) is 0. The van der Waals surface area contributed by atoms with Crippen LogP contribution in [0.3, 0.4) is 0 Å². The fraction of sp³-hybridized carbons (Fsp3) is 0.818. The minimum absolute atomic E-state index is 0.0181. The van der Waals surface area contributed by atoms with Gasteiger partial charge in [-0.2, -0.15) is 0 Å². The van der Waals surface area contributed by atoms with Crippen LogP contribution in [-0.4, -0.2) is 11.6 Å². The first-order valence-electron chi connectivity index (χ1n) is 5.49. The molecule has 0 aliphatic carbocycles. The lowest BCUT2D eigenvalue weighted by Gasteiger charge is -2.04. The highest BCUT2D eigenvalue weighted by Gasteiger charge is 2.11. The molecular weight excluding hydrogens is 164 g/mol. The molecule has 2 nitrogen and oxygen atoms in total. The van der Waals surface area contributed by atoms with Crippen LogP contribution in [0, 0.1) is 11.8 Å². The molecule has 0 heterocycles. The van der Waals surface area contributed by atoms with Gasteiger partial charge < -0.3 is 0 Å². The Morgan fingerprint density at radius 3 is 1.92 bits per heavy atom. The Balaban J connectivity index is 3.77. The zero-order valence-electron chi connectivity index (χ0n) is 9.80. The number of hydrogen-bond donors (Lipinski definition) is 0. The Morgan fingerprint density at radius 1 is 1.08 bits per heavy atom. The zero-order valence-corrected chi connectivity index (χ0v) is 8.80. The van der Waals surface area contributed by atoms with E-state index < -0.39 is 0 Å². The molecule has 0 aromatic heterocycles. The van der Waals surface area contributed by atoms with Crippen molar-refractivity contribution < 1.29 is 11.0 Å². The topological polar surface area (TPSA) is 34.1 Å². The van der Waals surface area contributed by atoms with Gasteiger partial charge in [-0.25, -0.2) is 0 Å². The number of Topliss-reactive ketones (excluding diaryl/α,β-unsaturated/α-hetero) is 2. The standard InChI is InChI=1S/C11H20O2/c1-8(2)5-10(12)7-11(13)6-9(3)4/h8-9H,5-7H2,1-4H3/i1D. The van der Waals surface area contributed by atoms with Crippen molar-refractivity contribution in [3.05, 3.63) is 0 Å². The van der Waals surface area contributed by atoms with Crippen molar-refractivity contribution in [2.24, 2.45) is 11.8 Å². The fourth-order valence-electron chi connectivity index (χ4n) is 1.21. The van der Waals surface area contributed by atoms with Crippen LogP contribution in [0.1, 0.15) is 48.3 Å². The maximum Gasteiger partial charge on any atom is 0.140 e. The van der Waals surface area contributed by atoms with E-state index in [0.717, 1.165) is 0 Å². The molecule has 0 aliphatic heterocycles. The fourth-order valence-corrected chi connectivity index (χ4v) is 1.21. The van der Waals surface area contributed by atoms with Gasteiger partial charge in [-0.15, -0.1) is 0 Å². The second kappa shape index (κ2) is 5.90. The van der Waals surface area contributed by atoms with E-state index in [2.05, 4.69) is 0 Å². The van der Waals surface area contributed by atoms with Crippen LogP contribution >= 0.6 is 0 Å². The molecule has 0 fully saturated rings. The van der Waals surface area contributed by atoms with Gasteiger partial charge in [0, 0.05) is 14.2 Å². The highest BCUT2D eigenvalue weighted by atomic mass is 16.1. The number of carbonyl (C=O) groups is 2. The summed E-state index contributed by atoms with van der Waals surface area (Å²) in [6.45, 7) is 6.05. The van der Waals surface area contributed by atoms with E-state index in [1.165, 1.54) is 0 Å². The van der Waals surface area contributed by atoms with Gasteiger partial charge in [-0.1, -0.05) is 27.7 Å². The first-order valence-corrected chi connectivity index (χ1v) is 4.78. The summed E-state index contributed by atoms with van der Waals surface area (Å²) in [5, 5.41) is 0. The summed E-state index contributed by atoms with van der Waals surface area (Å²) in [4.78, 5) is 22.6. The van der Waals surface area contributed by atoms with Crippen LogP contribution in [0.4, 0.5) is 0 Å². The lowest BCUT2D eigenvalue weighted by molar-refractivity contribution is -0.127. The van der Waals surface area contributed by atoms with Crippen molar-refractivity contribution >= 4 is 11.6 Å². The van der Waals surface area contributed by atoms with Gasteiger partial charge in [-0.05, 0) is 11.8 Å². The highest BCUT2D eigenvalue weighted by Crippen LogP contribution is 2.07. The highest BCUT2D eigenvalue weighted by molar-refractivity contribution is 5.99. The Bertz CT molecular complexity index is 199. The van der Waals surface area contributed by atoms with Gasteiger partial charge in [-0.3, -0.25) is 9.59 Å². The Kier molecular flexibility index (Phi) is 4.73. The monoisotopic (exact) mass is 185 g/mol. The van der Waals surface area contributed by atoms with Gasteiger partial charge >= 0.3 is 0 Å². The predicted octanol–water partition coefficient (Wildman–Crippen LogP) is 2.61. The van der Waals surface area contributed by atoms with Crippen LogP contribution in [0.5, 0.6) is 0 Å². The second-order valence-electron chi connectivity index (χ2n) is 4.16. The quantitative estimate of drug-likeness (QED) is 0.596. The average molecular weight is 185 g/mol. The van der Waals surface area contributed by atoms with Crippen LogP contribution < -0.4 is 0 Å². The van der Waals surface area contributed by atoms with Crippen molar-refractivity contribution in [2.75, 3.05) is 0 Å². The number of ketones is 2. The smallest absolute Gasteiger partial charge is 0.140 e. The third kappa shape index (κ3) is 7.69. The lowest BCUT2D eigenvalue weighted by Crippen LogP contribution is -2.11. The van der Waals surface area contributed by atoms with Gasteiger partial charge in [0.1, 0.15) is 11.6 Å². The second-order valence-corrected chi connectivity index (χ2v) is 4.16. The van der Waals surface area contributed by atoms with E-state index in [-0.39, 0.29) is 30.8 Å². The summed E-state index contributed by atoms with van der Waals surface area (Å²) in [7, 11) is 0. The van der Waals surface area contributed by atoms with E-state index in [1.54, 1.807) is 0 Å². The zero-order chi connectivity index (χ0) is 11.1. The summed E-state index contributed by atoms with van der Waals surface area (Å²) >= 11 is 0. The van der Waals surface area contributed by atoms with E-state index in [0.29, 0.717) is 18.8 Å². The van der Waals surface area contributed by atoms with Gasteiger partial charge in [0.2, 0.25) is 0 Å². The molecule has 0 spiro atoms. The van der Waals surface area contributed by atoms with Crippen LogP contribution in [-0.2, 0) is 9.59 Å². The molecule has 0 amide bonds. The van der Waals surface area contributed by atoms with Gasteiger partial charge in [0.25, 0.3) is 0 Å². The molecule has 0 aromatic carbocycles. The van der Waals surface area contributed by atoms with Crippen molar-refractivity contribution in [1.29, 1.82) is 0 Å². The molecule has 0 aliphatic rings. The summed E-state index contributed by atoms with van der Waals surface area (Å²) in [5.74, 6) is 0.413. The molecule has 0 rings (SSSR count). The summed E-state index contributed by atoms with van der Waals surface area (Å²) in [6, 6.07) is 0. The lowest BCUT2D eigenvalue weighted by atomic mass is 9.99. The number of hydrogen-bond acceptors (Lipinski definition) is 2. The average Bonchev–Trinajstić information content (AvgIpc) is 2.01. The molecule has 2 heteroatoms. The molecule has 0 bridgehead atoms. The van der Waals surface area contributed by atoms with Crippen molar-refractivity contribution in [2.45, 2.75) is 46.9 Å². The van der Waals surface area contributed by atoms with E-state index >= 15 is 0 Å². The molecule has 1 unspecified atom stereocenters. The maximum atomic E-state index is 11.3. The van der Waals surface area contributed by atoms with Crippen molar-refractivity contribution in [1.82, 2.24) is 0 Å². The van der Waals surface area contributed by atoms with E-state index in [1.807, 2.05) is 20.8 Å². The summed E-state index contributed by atoms with van der Waals surface area (Å²) < 4.78 is 7.06. The van der Waals surface area contributed by atoms with E-state index in [9.17, 15) is 9.59 Å². The van der Waals surface area contributed by atoms with Gasteiger partial charge in [0.15, 0.2) is 0 Å². The van der Waals surface area contributed by atoms with E-state index in [4.69, 9.17) is 1.37 Å². The molecule has 1 atom stereocenters. The van der Waals surface area contributed by atoms with Crippen molar-refractivity contribution in [3.63, 3.8) is 0 Å². The molecule has 0 saturated heterocycles. The predicted molar refractivity (Wildman–Crippen MR) is 53.5 cm³/mol. The van der Waals surface area contributed by atoms with Crippen LogP contribution in [0.2, 0.25) is 0 Å². The van der Waals surface area contributed by atoms with Crippen molar-refractivity contribution in [3.8, 4) is 0 Å². The Labute approximate surface area is 82.1 Å². The number of carbonyl (C=O) groups excluding carboxylic acids is 2. The third-order valence-corrected chi connectivity index (χ3v) is 1.61. The Morgan fingerprint density at radius 2 is 1.54 bits per heavy atom. The molecule has 13 heavy (non-hydrogen) atoms. The molecule has 0 aromatic rings. The molecule has 0 radical (unpaired) electrons. The Hall–Kier alpha value is -0.660. The largest absolute Gasteiger partial charge is 0.299 e. The van der Waals surface area contributed by atoms with Crippen LogP contribution in [0.25, 0.3) is 0 Å². The number of rotatable bonds is 6. The molecule has 0 N–H and O–H groups in total. The minimum atomic E-state index is -0.0181. The first kappa shape index (κ1) is 10.4. The first-order chi connectivity index (χ1) is 6.45. The minimum Gasteiger partial charge on any atom is -0.299 e. The molecular formula is C11H20O2. The third-order valence-electron chi connectivity index (χ3n) is 1.61. The summed E-state index contributed by atoms with van der Waals surface area (Å²) in [6.07, 6.45) is 0.914. The normalized spacial score (nSPS) is 14.0.